The van der Waals surface area contributed by atoms with Crippen LogP contribution in [0.1, 0.15) is 47.3 Å². The average molecular weight is 544 g/mol. The smallest absolute Gasteiger partial charge is 0.303 e. The number of carbonyl (C=O) groups excluding carboxylic acids is 1. The van der Waals surface area contributed by atoms with Crippen molar-refractivity contribution in [1.29, 1.82) is 0 Å². The van der Waals surface area contributed by atoms with E-state index in [1.54, 1.807) is 30.3 Å². The third-order valence-corrected chi connectivity index (χ3v) is 7.12. The Labute approximate surface area is 230 Å². The molecule has 4 aromatic rings. The summed E-state index contributed by atoms with van der Waals surface area (Å²) in [5.41, 5.74) is 6.12. The summed E-state index contributed by atoms with van der Waals surface area (Å²) in [6.45, 7) is 1.12. The summed E-state index contributed by atoms with van der Waals surface area (Å²) in [5.74, 6) is -1.25. The molecule has 0 atom stereocenters. The lowest BCUT2D eigenvalue weighted by molar-refractivity contribution is -0.137. The molecule has 6 nitrogen and oxygen atoms in total. The first-order valence-electron chi connectivity index (χ1n) is 12.9. The summed E-state index contributed by atoms with van der Waals surface area (Å²) < 4.78 is 13.5. The molecule has 5 rings (SSSR count). The number of benzene rings is 3. The fourth-order valence-corrected chi connectivity index (χ4v) is 4.89. The van der Waals surface area contributed by atoms with Crippen LogP contribution in [0.5, 0.6) is 0 Å². The number of nitrogens with zero attached hydrogens (tertiary/aromatic N) is 3. The Morgan fingerprint density at radius 1 is 0.923 bits per heavy atom. The monoisotopic (exact) mass is 543 g/mol. The topological polar surface area (TPSA) is 83.4 Å². The van der Waals surface area contributed by atoms with Gasteiger partial charge in [-0.1, -0.05) is 29.8 Å². The second kappa shape index (κ2) is 11.7. The van der Waals surface area contributed by atoms with E-state index in [2.05, 4.69) is 6.08 Å². The fraction of sp³-hybridized carbons (Fsp3) is 0.226. The highest BCUT2D eigenvalue weighted by molar-refractivity contribution is 6.30. The number of carbonyl (C=O) groups is 2. The normalized spacial score (nSPS) is 13.4. The molecule has 39 heavy (non-hydrogen) atoms. The molecule has 1 amide bonds. The van der Waals surface area contributed by atoms with Crippen LogP contribution < -0.4 is 0 Å². The average Bonchev–Trinajstić information content (AvgIpc) is 2.95. The zero-order chi connectivity index (χ0) is 27.4. The van der Waals surface area contributed by atoms with Crippen LogP contribution in [0.25, 0.3) is 27.9 Å². The number of aliphatic carboxylic acids is 1. The summed E-state index contributed by atoms with van der Waals surface area (Å²) >= 11 is 6.01. The largest absolute Gasteiger partial charge is 0.481 e. The van der Waals surface area contributed by atoms with Crippen LogP contribution in [-0.4, -0.2) is 44.9 Å². The summed E-state index contributed by atoms with van der Waals surface area (Å²) in [4.78, 5) is 35.7. The van der Waals surface area contributed by atoms with Crippen LogP contribution in [0.4, 0.5) is 4.39 Å². The minimum atomic E-state index is -0.839. The van der Waals surface area contributed by atoms with Crippen molar-refractivity contribution in [2.45, 2.75) is 32.1 Å². The lowest BCUT2D eigenvalue weighted by Crippen LogP contribution is -2.34. The molecule has 0 aliphatic carbocycles. The maximum absolute atomic E-state index is 13.5. The third kappa shape index (κ3) is 6.32. The van der Waals surface area contributed by atoms with Gasteiger partial charge in [0.05, 0.1) is 22.4 Å². The third-order valence-electron chi connectivity index (χ3n) is 6.87. The van der Waals surface area contributed by atoms with Gasteiger partial charge in [-0.25, -0.2) is 14.4 Å². The number of carboxylic acid groups (broad SMARTS) is 1. The van der Waals surface area contributed by atoms with E-state index in [4.69, 9.17) is 26.7 Å². The minimum Gasteiger partial charge on any atom is -0.481 e. The van der Waals surface area contributed by atoms with Gasteiger partial charge in [-0.15, -0.1) is 0 Å². The predicted molar refractivity (Wildman–Crippen MR) is 150 cm³/mol. The lowest BCUT2D eigenvalue weighted by atomic mass is 9.99. The lowest BCUT2D eigenvalue weighted by Gasteiger charge is -2.27. The highest BCUT2D eigenvalue weighted by Crippen LogP contribution is 2.28. The number of hydrogen-bond donors (Lipinski definition) is 1. The van der Waals surface area contributed by atoms with Gasteiger partial charge in [0.1, 0.15) is 5.82 Å². The molecule has 8 heteroatoms. The summed E-state index contributed by atoms with van der Waals surface area (Å²) in [7, 11) is 0. The van der Waals surface area contributed by atoms with Crippen LogP contribution in [0.15, 0.2) is 72.8 Å². The van der Waals surface area contributed by atoms with E-state index in [-0.39, 0.29) is 18.1 Å². The molecule has 0 saturated carbocycles. The van der Waals surface area contributed by atoms with Crippen molar-refractivity contribution in [3.05, 3.63) is 100 Å². The number of aromatic nitrogens is 2. The molecule has 0 saturated heterocycles. The van der Waals surface area contributed by atoms with E-state index in [1.807, 2.05) is 29.2 Å². The second-order valence-corrected chi connectivity index (χ2v) is 10.0. The molecule has 198 valence electrons. The van der Waals surface area contributed by atoms with Crippen molar-refractivity contribution in [3.63, 3.8) is 0 Å². The van der Waals surface area contributed by atoms with E-state index >= 15 is 0 Å². The number of rotatable bonds is 8. The molecule has 1 aliphatic heterocycles. The van der Waals surface area contributed by atoms with Crippen molar-refractivity contribution in [1.82, 2.24) is 14.9 Å². The Balaban J connectivity index is 1.39. The van der Waals surface area contributed by atoms with Gasteiger partial charge in [0.25, 0.3) is 5.91 Å². The van der Waals surface area contributed by atoms with Crippen molar-refractivity contribution in [2.75, 3.05) is 13.1 Å². The Morgan fingerprint density at radius 3 is 2.36 bits per heavy atom. The summed E-state index contributed by atoms with van der Waals surface area (Å²) in [5, 5.41) is 9.67. The quantitative estimate of drug-likeness (QED) is 0.247. The number of carboxylic acids is 1. The van der Waals surface area contributed by atoms with Gasteiger partial charge in [-0.2, -0.15) is 0 Å². The van der Waals surface area contributed by atoms with Crippen LogP contribution >= 0.6 is 11.6 Å². The van der Waals surface area contributed by atoms with E-state index in [0.29, 0.717) is 65.4 Å². The zero-order valence-electron chi connectivity index (χ0n) is 21.2. The predicted octanol–water partition coefficient (Wildman–Crippen LogP) is 6.82. The van der Waals surface area contributed by atoms with E-state index in [1.165, 1.54) is 17.7 Å². The minimum absolute atomic E-state index is 0.0734. The molecule has 3 aromatic carbocycles. The number of fused-ring (bicyclic) bond motifs is 1. The number of amides is 1. The molecule has 0 radical (unpaired) electrons. The molecule has 2 heterocycles. The molecular formula is C31H27ClFN3O3. The highest BCUT2D eigenvalue weighted by Gasteiger charge is 2.21. The SMILES string of the molecule is O=C(O)CCCCc1nc2cc(C(=O)N3CC=C(c4ccc(Cl)cc4)CC3)ccc2nc1-c1ccc(F)cc1. The molecular weight excluding hydrogens is 517 g/mol. The molecule has 0 unspecified atom stereocenters. The number of unbranched alkanes of at least 4 members (excludes halogenated alkanes) is 1. The van der Waals surface area contributed by atoms with Gasteiger partial charge in [0.2, 0.25) is 0 Å². The molecule has 0 spiro atoms. The summed E-state index contributed by atoms with van der Waals surface area (Å²) in [6.07, 6.45) is 4.56. The zero-order valence-corrected chi connectivity index (χ0v) is 22.0. The van der Waals surface area contributed by atoms with Crippen LogP contribution in [0, 0.1) is 5.82 Å². The summed E-state index contributed by atoms with van der Waals surface area (Å²) in [6, 6.07) is 19.1. The molecule has 1 N–H and O–H groups in total. The van der Waals surface area contributed by atoms with E-state index < -0.39 is 5.97 Å². The van der Waals surface area contributed by atoms with Gasteiger partial charge in [0, 0.05) is 35.7 Å². The van der Waals surface area contributed by atoms with E-state index in [0.717, 1.165) is 17.5 Å². The van der Waals surface area contributed by atoms with Gasteiger partial charge >= 0.3 is 5.97 Å². The first-order valence-corrected chi connectivity index (χ1v) is 13.3. The van der Waals surface area contributed by atoms with Crippen molar-refractivity contribution < 1.29 is 19.1 Å². The Bertz CT molecular complexity index is 1550. The highest BCUT2D eigenvalue weighted by atomic mass is 35.5. The molecule has 0 fully saturated rings. The molecule has 0 bridgehead atoms. The number of halogens is 2. The Hall–Kier alpha value is -4.10. The van der Waals surface area contributed by atoms with Crippen LogP contribution in [0.2, 0.25) is 5.02 Å². The first kappa shape index (κ1) is 26.5. The standard InChI is InChI=1S/C31H27ClFN3O3/c32-24-10-5-20(6-11-24)21-15-17-36(18-16-21)31(39)23-9-14-26-28(19-23)34-27(3-1-2-4-29(37)38)30(35-26)22-7-12-25(33)13-8-22/h5-15,19H,1-4,16-18H2,(H,37,38). The number of hydrogen-bond acceptors (Lipinski definition) is 4. The van der Waals surface area contributed by atoms with Crippen molar-refractivity contribution >= 4 is 40.1 Å². The van der Waals surface area contributed by atoms with Gasteiger partial charge < -0.3 is 10.0 Å². The Morgan fingerprint density at radius 2 is 1.67 bits per heavy atom. The molecule has 1 aromatic heterocycles. The van der Waals surface area contributed by atoms with Crippen LogP contribution in [0.3, 0.4) is 0 Å². The second-order valence-electron chi connectivity index (χ2n) is 9.57. The van der Waals surface area contributed by atoms with Gasteiger partial charge in [0.15, 0.2) is 0 Å². The van der Waals surface area contributed by atoms with Crippen molar-refractivity contribution in [3.8, 4) is 11.3 Å². The van der Waals surface area contributed by atoms with Crippen LogP contribution in [-0.2, 0) is 11.2 Å². The maximum Gasteiger partial charge on any atom is 0.303 e. The Kier molecular flexibility index (Phi) is 7.98. The van der Waals surface area contributed by atoms with Gasteiger partial charge in [-0.3, -0.25) is 9.59 Å². The van der Waals surface area contributed by atoms with E-state index in [9.17, 15) is 14.0 Å². The van der Waals surface area contributed by atoms with Crippen molar-refractivity contribution in [2.24, 2.45) is 0 Å². The van der Waals surface area contributed by atoms with Gasteiger partial charge in [-0.05, 0) is 91.4 Å². The fourth-order valence-electron chi connectivity index (χ4n) is 4.77. The number of aryl methyl sites for hydroxylation is 1. The molecule has 1 aliphatic rings. The maximum atomic E-state index is 13.5. The first-order chi connectivity index (χ1) is 18.9.